The molecule has 0 atom stereocenters. The predicted octanol–water partition coefficient (Wildman–Crippen LogP) is 3.84. The highest BCUT2D eigenvalue weighted by Gasteiger charge is 2.36. The maximum atomic E-state index is 12.9. The largest absolute Gasteiger partial charge is 0.331 e. The van der Waals surface area contributed by atoms with E-state index in [9.17, 15) is 9.59 Å². The first kappa shape index (κ1) is 16.0. The molecule has 0 N–H and O–H groups in total. The van der Waals surface area contributed by atoms with Gasteiger partial charge >= 0.3 is 6.03 Å². The van der Waals surface area contributed by atoms with E-state index < -0.39 is 0 Å². The summed E-state index contributed by atoms with van der Waals surface area (Å²) in [6, 6.07) is 7.60. The molecule has 3 rings (SSSR count). The van der Waals surface area contributed by atoms with Crippen molar-refractivity contribution in [3.8, 4) is 0 Å². The molecule has 4 heteroatoms. The van der Waals surface area contributed by atoms with Gasteiger partial charge in [0.2, 0.25) is 5.91 Å². The molecule has 1 aromatic rings. The third-order valence-electron chi connectivity index (χ3n) is 5.27. The highest BCUT2D eigenvalue weighted by atomic mass is 16.2. The fourth-order valence-electron chi connectivity index (χ4n) is 3.72. The number of urea groups is 1. The quantitative estimate of drug-likeness (QED) is 0.730. The number of hydrogen-bond donors (Lipinski definition) is 0. The second-order valence-corrected chi connectivity index (χ2v) is 7.77. The first-order valence-corrected chi connectivity index (χ1v) is 8.57. The van der Waals surface area contributed by atoms with Crippen molar-refractivity contribution in [2.45, 2.75) is 46.5 Å². The van der Waals surface area contributed by atoms with Gasteiger partial charge in [-0.3, -0.25) is 4.79 Å². The molecule has 2 aliphatic rings. The molecule has 0 aliphatic carbocycles. The highest BCUT2D eigenvalue weighted by molar-refractivity contribution is 6.15. The molecule has 0 bridgehead atoms. The number of likely N-dealkylation sites (tertiary alicyclic amines) is 1. The Hall–Kier alpha value is -1.84. The molecule has 0 radical (unpaired) electrons. The van der Waals surface area contributed by atoms with Crippen LogP contribution in [-0.4, -0.2) is 29.9 Å². The van der Waals surface area contributed by atoms with Gasteiger partial charge in [-0.05, 0) is 42.2 Å². The fraction of sp³-hybridized carbons (Fsp3) is 0.579. The lowest BCUT2D eigenvalue weighted by Gasteiger charge is -2.40. The fourth-order valence-corrected chi connectivity index (χ4v) is 3.72. The number of aryl methyl sites for hydroxylation is 1. The Balaban J connectivity index is 1.75. The third kappa shape index (κ3) is 3.12. The molecule has 1 fully saturated rings. The summed E-state index contributed by atoms with van der Waals surface area (Å²) in [5.74, 6) is 0.558. The molecule has 0 unspecified atom stereocenters. The number of para-hydroxylation sites is 1. The van der Waals surface area contributed by atoms with Gasteiger partial charge in [-0.1, -0.05) is 39.0 Å². The Labute approximate surface area is 138 Å². The van der Waals surface area contributed by atoms with Crippen molar-refractivity contribution in [3.63, 3.8) is 0 Å². The summed E-state index contributed by atoms with van der Waals surface area (Å²) >= 11 is 0. The van der Waals surface area contributed by atoms with Crippen LogP contribution in [0.5, 0.6) is 0 Å². The van der Waals surface area contributed by atoms with Crippen molar-refractivity contribution in [3.05, 3.63) is 29.8 Å². The molecule has 4 nitrogen and oxygen atoms in total. The number of amides is 3. The molecule has 124 valence electrons. The molecule has 0 saturated carbocycles. The van der Waals surface area contributed by atoms with Gasteiger partial charge in [0.25, 0.3) is 0 Å². The molecular formula is C19H26N2O2. The Morgan fingerprint density at radius 2 is 1.74 bits per heavy atom. The zero-order valence-electron chi connectivity index (χ0n) is 14.3. The van der Waals surface area contributed by atoms with E-state index in [-0.39, 0.29) is 17.4 Å². The average molecular weight is 314 g/mol. The number of carbonyl (C=O) groups excluding carboxylic acids is 2. The molecule has 23 heavy (non-hydrogen) atoms. The maximum Gasteiger partial charge on any atom is 0.331 e. The molecular weight excluding hydrogens is 288 g/mol. The Morgan fingerprint density at radius 3 is 2.39 bits per heavy atom. The van der Waals surface area contributed by atoms with Gasteiger partial charge < -0.3 is 4.90 Å². The standard InChI is InChI=1S/C19H26N2O2/c1-19(2,3)15-10-12-20(13-11-15)18(23)21-16-7-5-4-6-14(16)8-9-17(21)22/h4-7,15H,8-13H2,1-3H3. The number of hydrogen-bond acceptors (Lipinski definition) is 2. The van der Waals surface area contributed by atoms with E-state index in [1.165, 1.54) is 4.90 Å². The van der Waals surface area contributed by atoms with E-state index in [0.717, 1.165) is 43.6 Å². The van der Waals surface area contributed by atoms with E-state index in [4.69, 9.17) is 0 Å². The predicted molar refractivity (Wildman–Crippen MR) is 91.4 cm³/mol. The summed E-state index contributed by atoms with van der Waals surface area (Å²) in [6.45, 7) is 8.28. The summed E-state index contributed by atoms with van der Waals surface area (Å²) in [5.41, 5.74) is 2.14. The van der Waals surface area contributed by atoms with Gasteiger partial charge in [-0.2, -0.15) is 0 Å². The van der Waals surface area contributed by atoms with E-state index in [1.807, 2.05) is 29.2 Å². The normalized spacial score (nSPS) is 19.7. The minimum absolute atomic E-state index is 0.0772. The van der Waals surface area contributed by atoms with Gasteiger partial charge in [-0.25, -0.2) is 9.69 Å². The lowest BCUT2D eigenvalue weighted by molar-refractivity contribution is -0.118. The molecule has 2 heterocycles. The summed E-state index contributed by atoms with van der Waals surface area (Å²) in [7, 11) is 0. The van der Waals surface area contributed by atoms with Crippen LogP contribution in [-0.2, 0) is 11.2 Å². The van der Waals surface area contributed by atoms with Crippen LogP contribution >= 0.6 is 0 Å². The van der Waals surface area contributed by atoms with Crippen LogP contribution in [0.4, 0.5) is 10.5 Å². The summed E-state index contributed by atoms with van der Waals surface area (Å²) in [6.07, 6.45) is 3.17. The van der Waals surface area contributed by atoms with Gasteiger partial charge in [-0.15, -0.1) is 0 Å². The van der Waals surface area contributed by atoms with Crippen LogP contribution in [0.2, 0.25) is 0 Å². The topological polar surface area (TPSA) is 40.6 Å². The van der Waals surface area contributed by atoms with Crippen molar-refractivity contribution in [2.24, 2.45) is 11.3 Å². The van der Waals surface area contributed by atoms with Gasteiger partial charge in [0.1, 0.15) is 0 Å². The lowest BCUT2D eigenvalue weighted by atomic mass is 9.75. The van der Waals surface area contributed by atoms with Crippen LogP contribution < -0.4 is 4.90 Å². The molecule has 0 aromatic heterocycles. The maximum absolute atomic E-state index is 12.9. The number of anilines is 1. The zero-order chi connectivity index (χ0) is 16.6. The Morgan fingerprint density at radius 1 is 1.09 bits per heavy atom. The number of piperidine rings is 1. The van der Waals surface area contributed by atoms with Crippen molar-refractivity contribution in [2.75, 3.05) is 18.0 Å². The molecule has 3 amide bonds. The number of rotatable bonds is 0. The average Bonchev–Trinajstić information content (AvgIpc) is 2.53. The first-order chi connectivity index (χ1) is 10.9. The zero-order valence-corrected chi connectivity index (χ0v) is 14.3. The Kier molecular flexibility index (Phi) is 4.17. The number of carbonyl (C=O) groups is 2. The van der Waals surface area contributed by atoms with Gasteiger partial charge in [0.05, 0.1) is 5.69 Å². The van der Waals surface area contributed by atoms with Gasteiger partial charge in [0.15, 0.2) is 0 Å². The Bertz CT molecular complexity index is 610. The summed E-state index contributed by atoms with van der Waals surface area (Å²) in [5, 5.41) is 0. The number of imide groups is 1. The number of fused-ring (bicyclic) bond motifs is 1. The van der Waals surface area contributed by atoms with Crippen molar-refractivity contribution >= 4 is 17.6 Å². The van der Waals surface area contributed by atoms with E-state index >= 15 is 0 Å². The third-order valence-corrected chi connectivity index (χ3v) is 5.27. The number of benzene rings is 1. The second kappa shape index (κ2) is 5.99. The minimum Gasteiger partial charge on any atom is -0.324 e. The van der Waals surface area contributed by atoms with Crippen molar-refractivity contribution < 1.29 is 9.59 Å². The second-order valence-electron chi connectivity index (χ2n) is 7.77. The highest BCUT2D eigenvalue weighted by Crippen LogP contribution is 2.35. The smallest absolute Gasteiger partial charge is 0.324 e. The lowest BCUT2D eigenvalue weighted by Crippen LogP contribution is -2.51. The van der Waals surface area contributed by atoms with E-state index in [2.05, 4.69) is 20.8 Å². The van der Waals surface area contributed by atoms with Crippen LogP contribution in [0.15, 0.2) is 24.3 Å². The SMILES string of the molecule is CC(C)(C)C1CCN(C(=O)N2C(=O)CCc3ccccc32)CC1. The molecule has 2 aliphatic heterocycles. The van der Waals surface area contributed by atoms with Crippen LogP contribution in [0.3, 0.4) is 0 Å². The van der Waals surface area contributed by atoms with Crippen LogP contribution in [0, 0.1) is 11.3 Å². The van der Waals surface area contributed by atoms with Gasteiger partial charge in [0, 0.05) is 19.5 Å². The van der Waals surface area contributed by atoms with E-state index in [1.54, 1.807) is 0 Å². The minimum atomic E-state index is -0.144. The molecule has 1 saturated heterocycles. The van der Waals surface area contributed by atoms with Crippen LogP contribution in [0.1, 0.15) is 45.6 Å². The number of nitrogens with zero attached hydrogens (tertiary/aromatic N) is 2. The monoisotopic (exact) mass is 314 g/mol. The van der Waals surface area contributed by atoms with Crippen molar-refractivity contribution in [1.29, 1.82) is 0 Å². The molecule has 0 spiro atoms. The molecule has 1 aromatic carbocycles. The first-order valence-electron chi connectivity index (χ1n) is 8.57. The van der Waals surface area contributed by atoms with Crippen LogP contribution in [0.25, 0.3) is 0 Å². The van der Waals surface area contributed by atoms with Crippen molar-refractivity contribution in [1.82, 2.24) is 4.90 Å². The summed E-state index contributed by atoms with van der Waals surface area (Å²) < 4.78 is 0. The summed E-state index contributed by atoms with van der Waals surface area (Å²) in [4.78, 5) is 28.5. The van der Waals surface area contributed by atoms with E-state index in [0.29, 0.717) is 12.3 Å².